The van der Waals surface area contributed by atoms with Gasteiger partial charge in [0, 0.05) is 0 Å². The molecule has 0 fully saturated rings. The SMILES string of the molecule is CCc1c(C(=O)Nc2ccc(-n3cnc4ccccc43)nc2)cnn1-c1ccc(C)cc1. The van der Waals surface area contributed by atoms with E-state index < -0.39 is 0 Å². The number of pyridine rings is 1. The van der Waals surface area contributed by atoms with E-state index in [9.17, 15) is 4.79 Å². The first-order valence-electron chi connectivity index (χ1n) is 10.5. The average molecular weight is 422 g/mol. The van der Waals surface area contributed by atoms with Crippen LogP contribution in [0.1, 0.15) is 28.5 Å². The van der Waals surface area contributed by atoms with Crippen molar-refractivity contribution >= 4 is 22.6 Å². The van der Waals surface area contributed by atoms with Crippen LogP contribution in [0.4, 0.5) is 5.69 Å². The average Bonchev–Trinajstić information content (AvgIpc) is 3.44. The Labute approximate surface area is 185 Å². The van der Waals surface area contributed by atoms with Crippen LogP contribution in [0, 0.1) is 6.92 Å². The number of carbonyl (C=O) groups excluding carboxylic acids is 1. The number of anilines is 1. The molecule has 0 atom stereocenters. The highest BCUT2D eigenvalue weighted by atomic mass is 16.1. The zero-order chi connectivity index (χ0) is 22.1. The van der Waals surface area contributed by atoms with Gasteiger partial charge in [-0.15, -0.1) is 0 Å². The van der Waals surface area contributed by atoms with Crippen LogP contribution < -0.4 is 5.32 Å². The molecule has 0 bridgehead atoms. The minimum Gasteiger partial charge on any atom is -0.320 e. The van der Waals surface area contributed by atoms with Gasteiger partial charge < -0.3 is 5.32 Å². The normalized spacial score (nSPS) is 11.1. The third-order valence-electron chi connectivity index (χ3n) is 5.43. The zero-order valence-corrected chi connectivity index (χ0v) is 17.9. The summed E-state index contributed by atoms with van der Waals surface area (Å²) in [5.41, 5.74) is 6.03. The van der Waals surface area contributed by atoms with Crippen molar-refractivity contribution in [2.24, 2.45) is 0 Å². The molecule has 158 valence electrons. The Balaban J connectivity index is 1.38. The molecule has 3 aromatic heterocycles. The number of aryl methyl sites for hydroxylation is 1. The minimum absolute atomic E-state index is 0.206. The van der Waals surface area contributed by atoms with Crippen LogP contribution in [0.2, 0.25) is 0 Å². The number of nitrogens with zero attached hydrogens (tertiary/aromatic N) is 5. The van der Waals surface area contributed by atoms with Crippen molar-refractivity contribution in [3.63, 3.8) is 0 Å². The molecule has 0 saturated heterocycles. The third kappa shape index (κ3) is 3.54. The van der Waals surface area contributed by atoms with Gasteiger partial charge in [-0.1, -0.05) is 36.8 Å². The monoisotopic (exact) mass is 422 g/mol. The number of benzene rings is 2. The van der Waals surface area contributed by atoms with Crippen molar-refractivity contribution < 1.29 is 4.79 Å². The van der Waals surface area contributed by atoms with Crippen molar-refractivity contribution in [2.75, 3.05) is 5.32 Å². The maximum absolute atomic E-state index is 13.0. The number of para-hydroxylation sites is 2. The first-order valence-corrected chi connectivity index (χ1v) is 10.5. The first kappa shape index (κ1) is 19.7. The fourth-order valence-electron chi connectivity index (χ4n) is 3.75. The summed E-state index contributed by atoms with van der Waals surface area (Å²) in [4.78, 5) is 21.9. The predicted octanol–water partition coefficient (Wildman–Crippen LogP) is 4.73. The van der Waals surface area contributed by atoms with Crippen LogP contribution in [0.15, 0.2) is 79.4 Å². The molecule has 0 aliphatic rings. The zero-order valence-electron chi connectivity index (χ0n) is 17.9. The Morgan fingerprint density at radius 1 is 0.969 bits per heavy atom. The molecule has 7 nitrogen and oxygen atoms in total. The van der Waals surface area contributed by atoms with E-state index in [0.29, 0.717) is 17.7 Å². The lowest BCUT2D eigenvalue weighted by Crippen LogP contribution is -2.14. The first-order chi connectivity index (χ1) is 15.6. The second kappa shape index (κ2) is 8.11. The van der Waals surface area contributed by atoms with Crippen LogP contribution in [0.3, 0.4) is 0 Å². The van der Waals surface area contributed by atoms with Gasteiger partial charge in [-0.25, -0.2) is 14.6 Å². The number of imidazole rings is 1. The van der Waals surface area contributed by atoms with Gasteiger partial charge in [-0.2, -0.15) is 5.10 Å². The second-order valence-electron chi connectivity index (χ2n) is 7.57. The molecule has 0 saturated carbocycles. The Bertz CT molecular complexity index is 1400. The summed E-state index contributed by atoms with van der Waals surface area (Å²) in [6.07, 6.45) is 5.70. The maximum atomic E-state index is 13.0. The number of aromatic nitrogens is 5. The number of rotatable bonds is 5. The fraction of sp³-hybridized carbons (Fsp3) is 0.120. The Morgan fingerprint density at radius 3 is 2.53 bits per heavy atom. The number of amides is 1. The van der Waals surface area contributed by atoms with E-state index >= 15 is 0 Å². The quantitative estimate of drug-likeness (QED) is 0.444. The molecule has 0 spiro atoms. The highest BCUT2D eigenvalue weighted by molar-refractivity contribution is 6.05. The molecule has 2 aromatic carbocycles. The summed E-state index contributed by atoms with van der Waals surface area (Å²) in [5, 5.41) is 7.39. The third-order valence-corrected chi connectivity index (χ3v) is 5.43. The molecule has 3 heterocycles. The van der Waals surface area contributed by atoms with E-state index in [0.717, 1.165) is 28.2 Å². The molecule has 0 aliphatic carbocycles. The molecule has 0 unspecified atom stereocenters. The van der Waals surface area contributed by atoms with E-state index in [2.05, 4.69) is 20.4 Å². The number of carbonyl (C=O) groups is 1. The Hall–Kier alpha value is -4.26. The van der Waals surface area contributed by atoms with E-state index in [1.54, 1.807) is 18.7 Å². The van der Waals surface area contributed by atoms with Gasteiger partial charge in [0.1, 0.15) is 12.1 Å². The van der Waals surface area contributed by atoms with Crippen molar-refractivity contribution in [1.29, 1.82) is 0 Å². The van der Waals surface area contributed by atoms with E-state index in [4.69, 9.17) is 0 Å². The standard InChI is InChI=1S/C25H22N6O/c1-3-22-20(15-28-31(22)19-11-8-17(2)9-12-19)25(32)29-18-10-13-24(26-14-18)30-16-27-21-6-4-5-7-23(21)30/h4-16H,3H2,1-2H3,(H,29,32). The molecule has 0 aliphatic heterocycles. The molecule has 5 aromatic rings. The van der Waals surface area contributed by atoms with Gasteiger partial charge in [0.2, 0.25) is 0 Å². The summed E-state index contributed by atoms with van der Waals surface area (Å²) in [6.45, 7) is 4.06. The summed E-state index contributed by atoms with van der Waals surface area (Å²) in [6, 6.07) is 19.7. The maximum Gasteiger partial charge on any atom is 0.259 e. The van der Waals surface area contributed by atoms with Crippen LogP contribution in [0.25, 0.3) is 22.5 Å². The Morgan fingerprint density at radius 2 is 1.78 bits per heavy atom. The minimum atomic E-state index is -0.206. The summed E-state index contributed by atoms with van der Waals surface area (Å²) >= 11 is 0. The largest absolute Gasteiger partial charge is 0.320 e. The highest BCUT2D eigenvalue weighted by Crippen LogP contribution is 2.20. The van der Waals surface area contributed by atoms with Gasteiger partial charge in [0.15, 0.2) is 0 Å². The van der Waals surface area contributed by atoms with Gasteiger partial charge in [-0.3, -0.25) is 9.36 Å². The van der Waals surface area contributed by atoms with Crippen molar-refractivity contribution in [2.45, 2.75) is 20.3 Å². The number of nitrogens with one attached hydrogen (secondary N) is 1. The van der Waals surface area contributed by atoms with Crippen LogP contribution in [0.5, 0.6) is 0 Å². The lowest BCUT2D eigenvalue weighted by Gasteiger charge is -2.09. The van der Waals surface area contributed by atoms with E-state index in [1.165, 1.54) is 5.56 Å². The molecule has 32 heavy (non-hydrogen) atoms. The van der Waals surface area contributed by atoms with Crippen molar-refractivity contribution in [1.82, 2.24) is 24.3 Å². The lowest BCUT2D eigenvalue weighted by atomic mass is 10.1. The topological polar surface area (TPSA) is 77.6 Å². The van der Waals surface area contributed by atoms with Crippen LogP contribution in [-0.4, -0.2) is 30.2 Å². The molecular formula is C25H22N6O. The summed E-state index contributed by atoms with van der Waals surface area (Å²) in [5.74, 6) is 0.529. The fourth-order valence-corrected chi connectivity index (χ4v) is 3.75. The van der Waals surface area contributed by atoms with Gasteiger partial charge in [0.25, 0.3) is 5.91 Å². The molecule has 0 radical (unpaired) electrons. The molecule has 1 N–H and O–H groups in total. The van der Waals surface area contributed by atoms with Gasteiger partial charge in [-0.05, 0) is 49.7 Å². The van der Waals surface area contributed by atoms with E-state index in [1.807, 2.05) is 83.8 Å². The van der Waals surface area contributed by atoms with Crippen molar-refractivity contribution in [3.8, 4) is 11.5 Å². The number of fused-ring (bicyclic) bond motifs is 1. The summed E-state index contributed by atoms with van der Waals surface area (Å²) in [7, 11) is 0. The predicted molar refractivity (Wildman–Crippen MR) is 124 cm³/mol. The van der Waals surface area contributed by atoms with Gasteiger partial charge in [0.05, 0.1) is 46.1 Å². The smallest absolute Gasteiger partial charge is 0.259 e. The number of hydrogen-bond acceptors (Lipinski definition) is 4. The van der Waals surface area contributed by atoms with Crippen LogP contribution >= 0.6 is 0 Å². The van der Waals surface area contributed by atoms with Crippen molar-refractivity contribution in [3.05, 3.63) is 96.2 Å². The number of hydrogen-bond donors (Lipinski definition) is 1. The van der Waals surface area contributed by atoms with E-state index in [-0.39, 0.29) is 5.91 Å². The molecule has 5 rings (SSSR count). The van der Waals surface area contributed by atoms with Crippen LogP contribution in [-0.2, 0) is 6.42 Å². The second-order valence-corrected chi connectivity index (χ2v) is 7.57. The molecule has 7 heteroatoms. The molecule has 1 amide bonds. The highest BCUT2D eigenvalue weighted by Gasteiger charge is 2.17. The summed E-state index contributed by atoms with van der Waals surface area (Å²) < 4.78 is 3.74. The Kier molecular flexibility index (Phi) is 4.99. The molecular weight excluding hydrogens is 400 g/mol. The lowest BCUT2D eigenvalue weighted by molar-refractivity contribution is 0.102. The van der Waals surface area contributed by atoms with Gasteiger partial charge >= 0.3 is 0 Å².